The number of nitrogens with one attached hydrogen (secondary N) is 3. The van der Waals surface area contributed by atoms with Crippen molar-refractivity contribution in [3.63, 3.8) is 0 Å². The molecule has 1 aromatic carbocycles. The van der Waals surface area contributed by atoms with E-state index in [-0.39, 0.29) is 30.6 Å². The van der Waals surface area contributed by atoms with Gasteiger partial charge in [0.25, 0.3) is 5.91 Å². The number of anilines is 2. The Hall–Kier alpha value is -3.10. The number of carbonyl (C=O) groups is 2. The number of aromatic nitrogens is 2. The molecule has 0 fully saturated rings. The van der Waals surface area contributed by atoms with Crippen molar-refractivity contribution >= 4 is 23.4 Å². The van der Waals surface area contributed by atoms with Crippen molar-refractivity contribution in [3.05, 3.63) is 36.0 Å². The number of nitrogens with two attached hydrogens (primary N) is 1. The van der Waals surface area contributed by atoms with Crippen LogP contribution in [-0.4, -0.2) is 35.3 Å². The lowest BCUT2D eigenvalue weighted by atomic mass is 10.3. The quantitative estimate of drug-likeness (QED) is 0.581. The van der Waals surface area contributed by atoms with Crippen LogP contribution in [0.15, 0.2) is 35.0 Å². The fraction of sp³-hybridized carbons (Fsp3) is 0.167. The summed E-state index contributed by atoms with van der Waals surface area (Å²) < 4.78 is 4.31. The number of nitrogen functional groups attached to an aromatic ring is 1. The fourth-order valence-corrected chi connectivity index (χ4v) is 1.49. The Bertz CT molecular complexity index is 612. The minimum atomic E-state index is -0.515. The number of urea groups is 1. The molecule has 0 spiro atoms. The third-order valence-electron chi connectivity index (χ3n) is 2.46. The lowest BCUT2D eigenvalue weighted by molar-refractivity contribution is 0.0944. The van der Waals surface area contributed by atoms with E-state index in [4.69, 9.17) is 5.73 Å². The minimum Gasteiger partial charge on any atom is -0.379 e. The van der Waals surface area contributed by atoms with Crippen LogP contribution >= 0.6 is 0 Å². The Morgan fingerprint density at radius 3 is 2.48 bits per heavy atom. The van der Waals surface area contributed by atoms with Gasteiger partial charge in [-0.25, -0.2) is 9.42 Å². The molecule has 0 atom stereocenters. The number of benzene rings is 1. The van der Waals surface area contributed by atoms with E-state index in [0.29, 0.717) is 5.69 Å². The lowest BCUT2D eigenvalue weighted by Gasteiger charge is -2.07. The van der Waals surface area contributed by atoms with Gasteiger partial charge >= 0.3 is 6.03 Å². The number of amides is 3. The van der Waals surface area contributed by atoms with Crippen molar-refractivity contribution < 1.29 is 14.2 Å². The zero-order valence-corrected chi connectivity index (χ0v) is 11.0. The molecule has 0 saturated carbocycles. The average Bonchev–Trinajstić information content (AvgIpc) is 2.91. The van der Waals surface area contributed by atoms with Crippen LogP contribution in [0.25, 0.3) is 0 Å². The second-order valence-electron chi connectivity index (χ2n) is 4.00. The van der Waals surface area contributed by atoms with E-state index in [0.717, 1.165) is 0 Å². The molecule has 21 heavy (non-hydrogen) atoms. The van der Waals surface area contributed by atoms with Crippen LogP contribution in [0.4, 0.5) is 16.3 Å². The molecule has 0 aliphatic heterocycles. The molecule has 0 saturated heterocycles. The predicted molar refractivity (Wildman–Crippen MR) is 74.5 cm³/mol. The molecule has 5 N–H and O–H groups in total. The van der Waals surface area contributed by atoms with E-state index >= 15 is 0 Å². The van der Waals surface area contributed by atoms with Crippen LogP contribution < -0.4 is 21.7 Å². The van der Waals surface area contributed by atoms with Crippen LogP contribution in [0.2, 0.25) is 0 Å². The second kappa shape index (κ2) is 6.89. The average molecular weight is 290 g/mol. The molecule has 0 radical (unpaired) electrons. The van der Waals surface area contributed by atoms with Gasteiger partial charge in [-0.1, -0.05) is 18.2 Å². The van der Waals surface area contributed by atoms with Gasteiger partial charge in [0.2, 0.25) is 11.5 Å². The highest BCUT2D eigenvalue weighted by molar-refractivity contribution is 5.96. The Kier molecular flexibility index (Phi) is 4.70. The Labute approximate surface area is 119 Å². The molecule has 0 unspecified atom stereocenters. The van der Waals surface area contributed by atoms with Gasteiger partial charge in [-0.3, -0.25) is 4.79 Å². The molecule has 110 valence electrons. The monoisotopic (exact) mass is 290 g/mol. The first-order chi connectivity index (χ1) is 10.2. The molecule has 9 nitrogen and oxygen atoms in total. The summed E-state index contributed by atoms with van der Waals surface area (Å²) in [5, 5.41) is 14.4. The highest BCUT2D eigenvalue weighted by Gasteiger charge is 2.14. The molecule has 1 aromatic heterocycles. The van der Waals surface area contributed by atoms with Gasteiger partial charge in [0.15, 0.2) is 0 Å². The van der Waals surface area contributed by atoms with Gasteiger partial charge < -0.3 is 21.7 Å². The van der Waals surface area contributed by atoms with Crippen molar-refractivity contribution in [3.8, 4) is 0 Å². The number of nitrogens with zero attached hydrogens (tertiary/aromatic N) is 2. The van der Waals surface area contributed by atoms with Gasteiger partial charge in [-0.05, 0) is 22.4 Å². The molecule has 0 aliphatic rings. The van der Waals surface area contributed by atoms with Crippen LogP contribution in [0.5, 0.6) is 0 Å². The zero-order valence-electron chi connectivity index (χ0n) is 11.0. The highest BCUT2D eigenvalue weighted by atomic mass is 16.6. The van der Waals surface area contributed by atoms with Crippen molar-refractivity contribution in [1.82, 2.24) is 20.9 Å². The number of rotatable bonds is 5. The molecule has 0 aliphatic carbocycles. The number of para-hydroxylation sites is 1. The van der Waals surface area contributed by atoms with Gasteiger partial charge in [-0.15, -0.1) is 0 Å². The Balaban J connectivity index is 1.67. The van der Waals surface area contributed by atoms with Gasteiger partial charge in [0.1, 0.15) is 0 Å². The van der Waals surface area contributed by atoms with Crippen molar-refractivity contribution in [2.24, 2.45) is 0 Å². The van der Waals surface area contributed by atoms with Gasteiger partial charge in [-0.2, -0.15) is 0 Å². The van der Waals surface area contributed by atoms with Crippen molar-refractivity contribution in [1.29, 1.82) is 0 Å². The summed E-state index contributed by atoms with van der Waals surface area (Å²) >= 11 is 0. The molecular weight excluding hydrogens is 276 g/mol. The number of hydrogen-bond donors (Lipinski definition) is 4. The SMILES string of the molecule is Nc1nonc1C(=O)NCCNC(=O)Nc1ccccc1. The minimum absolute atomic E-state index is 0.0799. The summed E-state index contributed by atoms with van der Waals surface area (Å²) in [6, 6.07) is 8.64. The first kappa shape index (κ1) is 14.3. The second-order valence-corrected chi connectivity index (χ2v) is 4.00. The first-order valence-electron chi connectivity index (χ1n) is 6.13. The zero-order chi connectivity index (χ0) is 15.1. The maximum atomic E-state index is 11.6. The Morgan fingerprint density at radius 1 is 1.10 bits per heavy atom. The third-order valence-corrected chi connectivity index (χ3v) is 2.46. The highest BCUT2D eigenvalue weighted by Crippen LogP contribution is 2.04. The first-order valence-corrected chi connectivity index (χ1v) is 6.13. The van der Waals surface area contributed by atoms with Crippen LogP contribution in [0.3, 0.4) is 0 Å². The lowest BCUT2D eigenvalue weighted by Crippen LogP contribution is -2.37. The number of carbonyl (C=O) groups excluding carboxylic acids is 2. The van der Waals surface area contributed by atoms with E-state index in [9.17, 15) is 9.59 Å². The molecule has 2 aromatic rings. The number of hydrogen-bond acceptors (Lipinski definition) is 6. The van der Waals surface area contributed by atoms with Crippen LogP contribution in [0, 0.1) is 0 Å². The molecule has 2 rings (SSSR count). The summed E-state index contributed by atoms with van der Waals surface area (Å²) in [6.45, 7) is 0.461. The summed E-state index contributed by atoms with van der Waals surface area (Å²) in [7, 11) is 0. The van der Waals surface area contributed by atoms with Gasteiger partial charge in [0, 0.05) is 18.8 Å². The fourth-order valence-electron chi connectivity index (χ4n) is 1.49. The van der Waals surface area contributed by atoms with Crippen molar-refractivity contribution in [2.75, 3.05) is 24.1 Å². The van der Waals surface area contributed by atoms with Crippen molar-refractivity contribution in [2.45, 2.75) is 0 Å². The largest absolute Gasteiger partial charge is 0.379 e. The molecule has 3 amide bonds. The topological polar surface area (TPSA) is 135 Å². The molecule has 1 heterocycles. The molecule has 9 heteroatoms. The normalized spacial score (nSPS) is 9.90. The summed E-state index contributed by atoms with van der Waals surface area (Å²) in [5.41, 5.74) is 5.97. The van der Waals surface area contributed by atoms with Crippen LogP contribution in [0.1, 0.15) is 10.5 Å². The maximum absolute atomic E-state index is 11.6. The maximum Gasteiger partial charge on any atom is 0.319 e. The summed E-state index contributed by atoms with van der Waals surface area (Å²) in [4.78, 5) is 23.1. The van der Waals surface area contributed by atoms with E-state index in [2.05, 4.69) is 30.9 Å². The standard InChI is InChI=1S/C12H14N6O3/c13-10-9(17-21-18-10)11(19)14-6-7-15-12(20)16-8-4-2-1-3-5-8/h1-5H,6-7H2,(H2,13,18)(H,14,19)(H2,15,16,20). The smallest absolute Gasteiger partial charge is 0.319 e. The summed E-state index contributed by atoms with van der Waals surface area (Å²) in [6.07, 6.45) is 0. The Morgan fingerprint density at radius 2 is 1.81 bits per heavy atom. The van der Waals surface area contributed by atoms with Crippen LogP contribution in [-0.2, 0) is 0 Å². The van der Waals surface area contributed by atoms with Gasteiger partial charge in [0.05, 0.1) is 0 Å². The predicted octanol–water partition coefficient (Wildman–Crippen LogP) is 0.203. The third kappa shape index (κ3) is 4.20. The van der Waals surface area contributed by atoms with E-state index in [1.54, 1.807) is 12.1 Å². The molecular formula is C12H14N6O3. The molecule has 0 bridgehead atoms. The van der Waals surface area contributed by atoms with E-state index in [1.807, 2.05) is 18.2 Å². The summed E-state index contributed by atoms with van der Waals surface area (Å²) in [5.74, 6) is -0.596. The van der Waals surface area contributed by atoms with E-state index in [1.165, 1.54) is 0 Å². The van der Waals surface area contributed by atoms with E-state index < -0.39 is 5.91 Å².